The summed E-state index contributed by atoms with van der Waals surface area (Å²) in [6.45, 7) is 1.99. The average molecular weight is 360 g/mol. The zero-order chi connectivity index (χ0) is 13.2. The molecule has 1 aliphatic rings. The van der Waals surface area contributed by atoms with E-state index < -0.39 is 0 Å². The van der Waals surface area contributed by atoms with E-state index in [4.69, 9.17) is 4.74 Å². The zero-order valence-corrected chi connectivity index (χ0v) is 13.2. The number of pyridine rings is 1. The van der Waals surface area contributed by atoms with Gasteiger partial charge in [0.05, 0.1) is 4.47 Å². The minimum atomic E-state index is -0.0772. The van der Waals surface area contributed by atoms with Crippen LogP contribution in [0.4, 0.5) is 0 Å². The van der Waals surface area contributed by atoms with Crippen molar-refractivity contribution in [2.45, 2.75) is 18.9 Å². The highest BCUT2D eigenvalue weighted by atomic mass is 79.9. The van der Waals surface area contributed by atoms with Crippen LogP contribution in [0.3, 0.4) is 0 Å². The van der Waals surface area contributed by atoms with Gasteiger partial charge < -0.3 is 15.0 Å². The van der Waals surface area contributed by atoms with Crippen LogP contribution in [-0.4, -0.2) is 24.2 Å². The van der Waals surface area contributed by atoms with Crippen LogP contribution in [0.15, 0.2) is 33.7 Å². The molecule has 1 aromatic carbocycles. The largest absolute Gasteiger partial charge is 0.489 e. The minimum absolute atomic E-state index is 0. The van der Waals surface area contributed by atoms with Gasteiger partial charge in [-0.05, 0) is 65.4 Å². The van der Waals surface area contributed by atoms with E-state index in [0.717, 1.165) is 41.5 Å². The first kappa shape index (κ1) is 15.4. The van der Waals surface area contributed by atoms with E-state index in [1.54, 1.807) is 6.20 Å². The van der Waals surface area contributed by atoms with Gasteiger partial charge in [-0.2, -0.15) is 0 Å². The van der Waals surface area contributed by atoms with E-state index >= 15 is 0 Å². The molecule has 2 aromatic rings. The Hall–Kier alpha value is -1.04. The predicted molar refractivity (Wildman–Crippen MR) is 86.0 cm³/mol. The minimum Gasteiger partial charge on any atom is -0.489 e. The number of piperidine rings is 1. The Morgan fingerprint density at radius 1 is 1.25 bits per heavy atom. The Morgan fingerprint density at radius 2 is 2.00 bits per heavy atom. The quantitative estimate of drug-likeness (QED) is 0.867. The fourth-order valence-electron chi connectivity index (χ4n) is 2.37. The number of aromatic amines is 1. The van der Waals surface area contributed by atoms with Crippen LogP contribution < -0.4 is 15.6 Å². The molecule has 0 radical (unpaired) electrons. The lowest BCUT2D eigenvalue weighted by Crippen LogP contribution is -2.34. The number of ether oxygens (including phenoxy) is 1. The summed E-state index contributed by atoms with van der Waals surface area (Å²) < 4.78 is 6.86. The van der Waals surface area contributed by atoms with Crippen molar-refractivity contribution in [3.63, 3.8) is 0 Å². The number of rotatable bonds is 2. The second-order valence-electron chi connectivity index (χ2n) is 4.74. The Balaban J connectivity index is 0.00000147. The van der Waals surface area contributed by atoms with Crippen LogP contribution in [0.2, 0.25) is 0 Å². The molecular formula is C14H16BrClN2O2. The van der Waals surface area contributed by atoms with Crippen molar-refractivity contribution in [1.82, 2.24) is 10.3 Å². The molecule has 2 heterocycles. The molecule has 0 saturated carbocycles. The highest BCUT2D eigenvalue weighted by Gasteiger charge is 2.16. The van der Waals surface area contributed by atoms with Gasteiger partial charge >= 0.3 is 0 Å². The van der Waals surface area contributed by atoms with Gasteiger partial charge in [-0.3, -0.25) is 4.79 Å². The van der Waals surface area contributed by atoms with E-state index in [1.165, 1.54) is 0 Å². The van der Waals surface area contributed by atoms with E-state index in [0.29, 0.717) is 5.39 Å². The molecule has 1 aromatic heterocycles. The molecule has 0 spiro atoms. The molecule has 20 heavy (non-hydrogen) atoms. The number of nitrogens with one attached hydrogen (secondary N) is 2. The van der Waals surface area contributed by atoms with Crippen molar-refractivity contribution in [3.05, 3.63) is 39.2 Å². The lowest BCUT2D eigenvalue weighted by atomic mass is 10.1. The maximum absolute atomic E-state index is 11.7. The number of hydrogen-bond acceptors (Lipinski definition) is 3. The topological polar surface area (TPSA) is 54.1 Å². The summed E-state index contributed by atoms with van der Waals surface area (Å²) >= 11 is 3.48. The Bertz CT molecular complexity index is 653. The highest BCUT2D eigenvalue weighted by molar-refractivity contribution is 9.10. The maximum atomic E-state index is 11.7. The maximum Gasteiger partial charge on any atom is 0.255 e. The van der Waals surface area contributed by atoms with Gasteiger partial charge in [0.2, 0.25) is 0 Å². The van der Waals surface area contributed by atoms with E-state index in [-0.39, 0.29) is 24.1 Å². The summed E-state index contributed by atoms with van der Waals surface area (Å²) in [6.07, 6.45) is 3.93. The van der Waals surface area contributed by atoms with Gasteiger partial charge in [-0.25, -0.2) is 0 Å². The first-order valence-corrected chi connectivity index (χ1v) is 7.21. The molecule has 0 amide bonds. The number of fused-ring (bicyclic) bond motifs is 1. The third-order valence-electron chi connectivity index (χ3n) is 3.41. The molecule has 2 N–H and O–H groups in total. The van der Waals surface area contributed by atoms with E-state index in [9.17, 15) is 4.79 Å². The van der Waals surface area contributed by atoms with E-state index in [1.807, 2.05) is 18.2 Å². The van der Waals surface area contributed by atoms with Crippen molar-refractivity contribution in [1.29, 1.82) is 0 Å². The number of benzene rings is 1. The second kappa shape index (κ2) is 6.61. The van der Waals surface area contributed by atoms with Crippen molar-refractivity contribution < 1.29 is 4.74 Å². The Morgan fingerprint density at radius 3 is 2.75 bits per heavy atom. The van der Waals surface area contributed by atoms with Gasteiger partial charge in [0, 0.05) is 11.6 Å². The second-order valence-corrected chi connectivity index (χ2v) is 5.60. The highest BCUT2D eigenvalue weighted by Crippen LogP contribution is 2.30. The van der Waals surface area contributed by atoms with Crippen molar-refractivity contribution in [2.75, 3.05) is 13.1 Å². The molecule has 0 aliphatic carbocycles. The fraction of sp³-hybridized carbons (Fsp3) is 0.357. The van der Waals surface area contributed by atoms with Gasteiger partial charge in [0.1, 0.15) is 11.9 Å². The molecule has 4 nitrogen and oxygen atoms in total. The van der Waals surface area contributed by atoms with Crippen molar-refractivity contribution >= 4 is 39.1 Å². The standard InChI is InChI=1S/C14H15BrN2O2.ClH/c15-12-8-11-9(1-6-17-14(11)18)7-13(12)19-10-2-4-16-5-3-10;/h1,6-8,10,16H,2-5H2,(H,17,18);1H. The zero-order valence-electron chi connectivity index (χ0n) is 10.8. The molecule has 0 bridgehead atoms. The third kappa shape index (κ3) is 3.16. The summed E-state index contributed by atoms with van der Waals surface area (Å²) in [5, 5.41) is 4.89. The summed E-state index contributed by atoms with van der Waals surface area (Å²) in [6, 6.07) is 5.64. The lowest BCUT2D eigenvalue weighted by Gasteiger charge is -2.24. The fourth-order valence-corrected chi connectivity index (χ4v) is 2.81. The van der Waals surface area contributed by atoms with Crippen molar-refractivity contribution in [3.8, 4) is 5.75 Å². The summed E-state index contributed by atoms with van der Waals surface area (Å²) in [4.78, 5) is 14.4. The van der Waals surface area contributed by atoms with Gasteiger partial charge in [-0.15, -0.1) is 12.4 Å². The molecule has 0 atom stereocenters. The number of H-pyrrole nitrogens is 1. The monoisotopic (exact) mass is 358 g/mol. The van der Waals surface area contributed by atoms with Gasteiger partial charge in [0.15, 0.2) is 0 Å². The first-order chi connectivity index (χ1) is 9.24. The molecule has 1 saturated heterocycles. The smallest absolute Gasteiger partial charge is 0.255 e. The summed E-state index contributed by atoms with van der Waals surface area (Å²) in [5.74, 6) is 0.810. The molecule has 1 fully saturated rings. The molecule has 0 unspecified atom stereocenters. The Kier molecular flexibility index (Phi) is 5.07. The van der Waals surface area contributed by atoms with E-state index in [2.05, 4.69) is 26.2 Å². The van der Waals surface area contributed by atoms with Crippen LogP contribution in [0.1, 0.15) is 12.8 Å². The molecule has 6 heteroatoms. The average Bonchev–Trinajstić information content (AvgIpc) is 2.42. The molecule has 1 aliphatic heterocycles. The number of halogens is 2. The van der Waals surface area contributed by atoms with Crippen LogP contribution >= 0.6 is 28.3 Å². The number of hydrogen-bond donors (Lipinski definition) is 2. The number of aromatic nitrogens is 1. The van der Waals surface area contributed by atoms with Crippen LogP contribution in [0.25, 0.3) is 10.8 Å². The third-order valence-corrected chi connectivity index (χ3v) is 4.03. The van der Waals surface area contributed by atoms with Crippen LogP contribution in [0, 0.1) is 0 Å². The molecule has 108 valence electrons. The SMILES string of the molecule is Cl.O=c1[nH]ccc2cc(OC3CCNCC3)c(Br)cc12. The van der Waals surface area contributed by atoms with Crippen molar-refractivity contribution in [2.24, 2.45) is 0 Å². The van der Waals surface area contributed by atoms with Crippen LogP contribution in [-0.2, 0) is 0 Å². The predicted octanol–water partition coefficient (Wildman–Crippen LogP) is 2.84. The summed E-state index contributed by atoms with van der Waals surface area (Å²) in [7, 11) is 0. The van der Waals surface area contributed by atoms with Gasteiger partial charge in [-0.1, -0.05) is 0 Å². The summed E-state index contributed by atoms with van der Waals surface area (Å²) in [5.41, 5.74) is -0.0772. The van der Waals surface area contributed by atoms with Crippen LogP contribution in [0.5, 0.6) is 5.75 Å². The first-order valence-electron chi connectivity index (χ1n) is 6.42. The normalized spacial score (nSPS) is 15.8. The Labute approximate surface area is 131 Å². The van der Waals surface area contributed by atoms with Gasteiger partial charge in [0.25, 0.3) is 5.56 Å². The molecular weight excluding hydrogens is 344 g/mol. The lowest BCUT2D eigenvalue weighted by molar-refractivity contribution is 0.161. The molecule has 3 rings (SSSR count).